The van der Waals surface area contributed by atoms with Crippen LogP contribution >= 0.6 is 15.9 Å². The van der Waals surface area contributed by atoms with Crippen molar-refractivity contribution < 1.29 is 14.3 Å². The summed E-state index contributed by atoms with van der Waals surface area (Å²) in [4.78, 5) is 14.9. The number of nitrogens with zero attached hydrogens (tertiary/aromatic N) is 3. The molecule has 2 aromatic rings. The van der Waals surface area contributed by atoms with E-state index in [0.29, 0.717) is 16.7 Å². The second-order valence-corrected chi connectivity index (χ2v) is 7.17. The van der Waals surface area contributed by atoms with E-state index in [1.807, 2.05) is 25.1 Å². The highest BCUT2D eigenvalue weighted by molar-refractivity contribution is 9.10. The number of allylic oxidation sites excluding steroid dienone is 1. The highest BCUT2D eigenvalue weighted by Gasteiger charge is 2.15. The van der Waals surface area contributed by atoms with Crippen molar-refractivity contribution in [3.05, 3.63) is 51.8 Å². The van der Waals surface area contributed by atoms with Crippen LogP contribution < -0.4 is 4.74 Å². The summed E-state index contributed by atoms with van der Waals surface area (Å²) >= 11 is 3.40. The van der Waals surface area contributed by atoms with Crippen LogP contribution in [0.2, 0.25) is 0 Å². The third-order valence-corrected chi connectivity index (χ3v) is 5.14. The molecule has 1 aliphatic heterocycles. The highest BCUT2D eigenvalue weighted by atomic mass is 79.9. The van der Waals surface area contributed by atoms with Crippen LogP contribution in [0.4, 0.5) is 0 Å². The molecule has 1 fully saturated rings. The molecule has 0 radical (unpaired) electrons. The highest BCUT2D eigenvalue weighted by Crippen LogP contribution is 2.23. The monoisotopic (exact) mass is 433 g/mol. The number of methoxy groups -OCH3 is 1. The van der Waals surface area contributed by atoms with Crippen molar-refractivity contribution in [2.45, 2.75) is 20.0 Å². The predicted molar refractivity (Wildman–Crippen MR) is 108 cm³/mol. The number of aromatic nitrogens is 2. The lowest BCUT2D eigenvalue weighted by Gasteiger charge is -2.27. The number of hydrogen-bond acceptors (Lipinski definition) is 5. The van der Waals surface area contributed by atoms with Gasteiger partial charge in [0.1, 0.15) is 11.4 Å². The van der Waals surface area contributed by atoms with Gasteiger partial charge in [-0.3, -0.25) is 14.4 Å². The molecule has 0 aliphatic carbocycles. The van der Waals surface area contributed by atoms with Gasteiger partial charge < -0.3 is 9.47 Å². The predicted octanol–water partition coefficient (Wildman–Crippen LogP) is 3.40. The summed E-state index contributed by atoms with van der Waals surface area (Å²) in [5.74, 6) is 0.781. The van der Waals surface area contributed by atoms with Gasteiger partial charge in [-0.25, -0.2) is 0 Å². The van der Waals surface area contributed by atoms with Gasteiger partial charge in [-0.05, 0) is 46.6 Å². The van der Waals surface area contributed by atoms with Crippen LogP contribution in [0.5, 0.6) is 5.75 Å². The minimum absolute atomic E-state index is 0.0771. The number of morpholine rings is 1. The average Bonchev–Trinajstić information content (AvgIpc) is 3.08. The summed E-state index contributed by atoms with van der Waals surface area (Å²) in [6.45, 7) is 6.75. The molecule has 0 spiro atoms. The molecule has 1 saturated heterocycles. The molecule has 0 unspecified atom stereocenters. The first-order valence-corrected chi connectivity index (χ1v) is 9.82. The van der Waals surface area contributed by atoms with E-state index < -0.39 is 0 Å². The number of aryl methyl sites for hydroxylation is 1. The molecule has 7 heteroatoms. The zero-order valence-electron chi connectivity index (χ0n) is 15.7. The lowest BCUT2D eigenvalue weighted by atomic mass is 10.1. The van der Waals surface area contributed by atoms with E-state index in [1.54, 1.807) is 24.1 Å². The molecule has 1 aliphatic rings. The van der Waals surface area contributed by atoms with Crippen molar-refractivity contribution in [3.63, 3.8) is 0 Å². The number of benzene rings is 1. The molecule has 0 atom stereocenters. The summed E-state index contributed by atoms with van der Waals surface area (Å²) in [5, 5.41) is 4.19. The molecular formula is C20H24BrN3O3. The number of ether oxygens (including phenoxy) is 2. The Labute approximate surface area is 167 Å². The maximum atomic E-state index is 12.6. The third-order valence-electron chi connectivity index (χ3n) is 4.56. The Balaban J connectivity index is 1.78. The number of rotatable bonds is 7. The molecule has 0 N–H and O–H groups in total. The quantitative estimate of drug-likeness (QED) is 0.494. The number of carbonyl (C=O) groups excluding carboxylic acids is 1. The molecular weight excluding hydrogens is 410 g/mol. The fourth-order valence-electron chi connectivity index (χ4n) is 3.12. The van der Waals surface area contributed by atoms with Gasteiger partial charge in [-0.15, -0.1) is 0 Å². The van der Waals surface area contributed by atoms with Gasteiger partial charge in [0, 0.05) is 31.7 Å². The van der Waals surface area contributed by atoms with E-state index in [-0.39, 0.29) is 5.78 Å². The van der Waals surface area contributed by atoms with E-state index in [4.69, 9.17) is 9.47 Å². The molecule has 27 heavy (non-hydrogen) atoms. The Bertz CT molecular complexity index is 826. The Kier molecular flexibility index (Phi) is 6.82. The maximum absolute atomic E-state index is 12.6. The minimum Gasteiger partial charge on any atom is -0.496 e. The molecule has 3 rings (SSSR count). The van der Waals surface area contributed by atoms with Crippen molar-refractivity contribution >= 4 is 27.8 Å². The van der Waals surface area contributed by atoms with Crippen molar-refractivity contribution in [1.82, 2.24) is 14.7 Å². The number of carbonyl (C=O) groups is 1. The van der Waals surface area contributed by atoms with Crippen LogP contribution in [0.25, 0.3) is 6.08 Å². The molecule has 144 valence electrons. The standard InChI is InChI=1S/C20H24BrN3O3/c1-3-24-20(17(21)13-22-24)18(25)6-4-15-5-7-19(26-2)16(12-15)14-23-8-10-27-11-9-23/h4-7,12-13H,3,8-11,14H2,1-2H3/b6-4+. The van der Waals surface area contributed by atoms with Gasteiger partial charge in [-0.2, -0.15) is 5.10 Å². The average molecular weight is 434 g/mol. The van der Waals surface area contributed by atoms with Gasteiger partial charge in [0.05, 0.1) is 31.0 Å². The summed E-state index contributed by atoms with van der Waals surface area (Å²) < 4.78 is 13.3. The van der Waals surface area contributed by atoms with Gasteiger partial charge in [0.15, 0.2) is 0 Å². The smallest absolute Gasteiger partial charge is 0.205 e. The van der Waals surface area contributed by atoms with Crippen LogP contribution in [0, 0.1) is 0 Å². The zero-order valence-corrected chi connectivity index (χ0v) is 17.2. The number of halogens is 1. The van der Waals surface area contributed by atoms with Gasteiger partial charge in [0.25, 0.3) is 0 Å². The summed E-state index contributed by atoms with van der Waals surface area (Å²) in [5.41, 5.74) is 2.63. The fourth-order valence-corrected chi connectivity index (χ4v) is 3.62. The molecule has 2 heterocycles. The summed E-state index contributed by atoms with van der Waals surface area (Å²) in [6.07, 6.45) is 5.08. The van der Waals surface area contributed by atoms with Crippen LogP contribution in [-0.2, 0) is 17.8 Å². The van der Waals surface area contributed by atoms with E-state index in [0.717, 1.165) is 49.7 Å². The SMILES string of the molecule is CCn1ncc(Br)c1C(=O)/C=C/c1ccc(OC)c(CN2CCOCC2)c1. The normalized spacial score (nSPS) is 15.4. The largest absolute Gasteiger partial charge is 0.496 e. The van der Waals surface area contributed by atoms with E-state index in [9.17, 15) is 4.79 Å². The Morgan fingerprint density at radius 1 is 1.37 bits per heavy atom. The molecule has 0 saturated carbocycles. The van der Waals surface area contributed by atoms with Crippen LogP contribution in [-0.4, -0.2) is 53.9 Å². The Morgan fingerprint density at radius 2 is 2.15 bits per heavy atom. The van der Waals surface area contributed by atoms with Crippen LogP contribution in [0.1, 0.15) is 28.5 Å². The number of ketones is 1. The Morgan fingerprint density at radius 3 is 2.85 bits per heavy atom. The molecule has 0 bridgehead atoms. The maximum Gasteiger partial charge on any atom is 0.205 e. The lowest BCUT2D eigenvalue weighted by molar-refractivity contribution is 0.0339. The van der Waals surface area contributed by atoms with E-state index >= 15 is 0 Å². The summed E-state index contributed by atoms with van der Waals surface area (Å²) in [6, 6.07) is 5.98. The first-order chi connectivity index (χ1) is 13.1. The van der Waals surface area contributed by atoms with Gasteiger partial charge in [0.2, 0.25) is 5.78 Å². The number of hydrogen-bond donors (Lipinski definition) is 0. The topological polar surface area (TPSA) is 56.6 Å². The van der Waals surface area contributed by atoms with Crippen LogP contribution in [0.15, 0.2) is 34.9 Å². The lowest BCUT2D eigenvalue weighted by Crippen LogP contribution is -2.35. The van der Waals surface area contributed by atoms with Crippen molar-refractivity contribution in [3.8, 4) is 5.75 Å². The first-order valence-electron chi connectivity index (χ1n) is 9.03. The van der Waals surface area contributed by atoms with Crippen molar-refractivity contribution in [2.75, 3.05) is 33.4 Å². The Hall–Kier alpha value is -1.96. The van der Waals surface area contributed by atoms with E-state index in [2.05, 4.69) is 32.0 Å². The minimum atomic E-state index is -0.0771. The second-order valence-electron chi connectivity index (χ2n) is 6.31. The van der Waals surface area contributed by atoms with Crippen molar-refractivity contribution in [1.29, 1.82) is 0 Å². The van der Waals surface area contributed by atoms with Crippen molar-refractivity contribution in [2.24, 2.45) is 0 Å². The molecule has 1 aromatic carbocycles. The molecule has 6 nitrogen and oxygen atoms in total. The second kappa shape index (κ2) is 9.30. The molecule has 1 aromatic heterocycles. The first kappa shape index (κ1) is 19.8. The zero-order chi connectivity index (χ0) is 19.2. The fraction of sp³-hybridized carbons (Fsp3) is 0.400. The molecule has 0 amide bonds. The third kappa shape index (κ3) is 4.86. The van der Waals surface area contributed by atoms with Crippen LogP contribution in [0.3, 0.4) is 0 Å². The van der Waals surface area contributed by atoms with Gasteiger partial charge >= 0.3 is 0 Å². The van der Waals surface area contributed by atoms with E-state index in [1.165, 1.54) is 0 Å². The van der Waals surface area contributed by atoms with Gasteiger partial charge in [-0.1, -0.05) is 12.1 Å². The summed E-state index contributed by atoms with van der Waals surface area (Å²) in [7, 11) is 1.68.